The normalized spacial score (nSPS) is 10.3. The van der Waals surface area contributed by atoms with Crippen LogP contribution < -0.4 is 11.5 Å². The van der Waals surface area contributed by atoms with Crippen LogP contribution in [0.2, 0.25) is 0 Å². The molecule has 0 aliphatic carbocycles. The number of anilines is 2. The van der Waals surface area contributed by atoms with E-state index in [9.17, 15) is 9.59 Å². The summed E-state index contributed by atoms with van der Waals surface area (Å²) in [4.78, 5) is 25.1. The first kappa shape index (κ1) is 15.5. The minimum absolute atomic E-state index is 0.187. The monoisotopic (exact) mass is 316 g/mol. The van der Waals surface area contributed by atoms with E-state index in [2.05, 4.69) is 0 Å². The number of nitrogens with two attached hydrogens (primary N) is 2. The Morgan fingerprint density at radius 2 is 1.00 bits per heavy atom. The molecular formula is C20H16N2O2. The molecule has 118 valence electrons. The van der Waals surface area contributed by atoms with Gasteiger partial charge in [-0.2, -0.15) is 0 Å². The fourth-order valence-corrected chi connectivity index (χ4v) is 2.57. The fraction of sp³-hybridized carbons (Fsp3) is 0. The van der Waals surface area contributed by atoms with E-state index in [4.69, 9.17) is 11.5 Å². The van der Waals surface area contributed by atoms with Crippen LogP contribution in [0.5, 0.6) is 0 Å². The van der Waals surface area contributed by atoms with Crippen molar-refractivity contribution in [1.82, 2.24) is 0 Å². The van der Waals surface area contributed by atoms with E-state index in [0.717, 1.165) is 0 Å². The first-order valence-corrected chi connectivity index (χ1v) is 7.46. The Morgan fingerprint density at radius 3 is 1.46 bits per heavy atom. The molecule has 0 saturated heterocycles. The van der Waals surface area contributed by atoms with Crippen LogP contribution in [0.1, 0.15) is 31.8 Å². The van der Waals surface area contributed by atoms with Crippen LogP contribution in [0.15, 0.2) is 72.8 Å². The summed E-state index contributed by atoms with van der Waals surface area (Å²) < 4.78 is 0. The van der Waals surface area contributed by atoms with Gasteiger partial charge >= 0.3 is 0 Å². The minimum Gasteiger partial charge on any atom is -0.398 e. The number of nitrogen functional groups attached to an aromatic ring is 2. The van der Waals surface area contributed by atoms with Crippen molar-refractivity contribution in [3.63, 3.8) is 0 Å². The van der Waals surface area contributed by atoms with Crippen LogP contribution in [0.25, 0.3) is 0 Å². The van der Waals surface area contributed by atoms with Gasteiger partial charge in [-0.05, 0) is 12.1 Å². The van der Waals surface area contributed by atoms with E-state index in [1.165, 1.54) is 12.1 Å². The number of carbonyl (C=O) groups is 2. The van der Waals surface area contributed by atoms with Gasteiger partial charge in [0.15, 0.2) is 11.6 Å². The molecule has 0 fully saturated rings. The first-order chi connectivity index (χ1) is 11.6. The van der Waals surface area contributed by atoms with Crippen molar-refractivity contribution in [3.8, 4) is 0 Å². The van der Waals surface area contributed by atoms with Crippen molar-refractivity contribution in [1.29, 1.82) is 0 Å². The molecule has 0 aromatic heterocycles. The largest absolute Gasteiger partial charge is 0.398 e. The average Bonchev–Trinajstić information content (AvgIpc) is 2.61. The zero-order chi connectivity index (χ0) is 17.1. The molecule has 3 aromatic rings. The molecule has 0 atom stereocenters. The van der Waals surface area contributed by atoms with Gasteiger partial charge in [-0.15, -0.1) is 0 Å². The molecule has 4 nitrogen and oxygen atoms in total. The summed E-state index contributed by atoms with van der Waals surface area (Å²) in [7, 11) is 0. The highest BCUT2D eigenvalue weighted by Crippen LogP contribution is 2.26. The Bertz CT molecular complexity index is 880. The maximum atomic E-state index is 12.6. The van der Waals surface area contributed by atoms with E-state index >= 15 is 0 Å². The number of ketones is 2. The van der Waals surface area contributed by atoms with Crippen LogP contribution in [0.3, 0.4) is 0 Å². The topological polar surface area (TPSA) is 86.2 Å². The molecule has 4 heteroatoms. The SMILES string of the molecule is Nc1cc(C(=O)c2ccccc2)cc(N)c1C(=O)c1ccccc1. The molecule has 3 aromatic carbocycles. The zero-order valence-electron chi connectivity index (χ0n) is 12.9. The van der Waals surface area contributed by atoms with Gasteiger partial charge in [0.1, 0.15) is 0 Å². The summed E-state index contributed by atoms with van der Waals surface area (Å²) in [6, 6.07) is 20.6. The summed E-state index contributed by atoms with van der Waals surface area (Å²) in [5.41, 5.74) is 14.1. The number of carbonyl (C=O) groups excluding carboxylic acids is 2. The van der Waals surface area contributed by atoms with Crippen LogP contribution in [-0.4, -0.2) is 11.6 Å². The Balaban J connectivity index is 2.01. The molecule has 0 bridgehead atoms. The zero-order valence-corrected chi connectivity index (χ0v) is 12.9. The third-order valence-electron chi connectivity index (χ3n) is 3.76. The van der Waals surface area contributed by atoms with Crippen LogP contribution in [-0.2, 0) is 0 Å². The van der Waals surface area contributed by atoms with E-state index < -0.39 is 0 Å². The molecule has 24 heavy (non-hydrogen) atoms. The second-order valence-corrected chi connectivity index (χ2v) is 5.42. The molecule has 0 aliphatic rings. The molecule has 0 heterocycles. The maximum absolute atomic E-state index is 12.6. The summed E-state index contributed by atoms with van der Waals surface area (Å²) in [6.45, 7) is 0. The average molecular weight is 316 g/mol. The lowest BCUT2D eigenvalue weighted by atomic mass is 9.95. The molecule has 0 aliphatic heterocycles. The predicted octanol–water partition coefficient (Wildman–Crippen LogP) is 3.31. The highest BCUT2D eigenvalue weighted by molar-refractivity contribution is 6.17. The van der Waals surface area contributed by atoms with Gasteiger partial charge in [-0.25, -0.2) is 0 Å². The van der Waals surface area contributed by atoms with E-state index in [1.807, 2.05) is 12.1 Å². The summed E-state index contributed by atoms with van der Waals surface area (Å²) in [6.07, 6.45) is 0. The molecule has 3 rings (SSSR count). The number of hydrogen-bond acceptors (Lipinski definition) is 4. The van der Waals surface area contributed by atoms with Gasteiger partial charge < -0.3 is 11.5 Å². The van der Waals surface area contributed by atoms with Crippen molar-refractivity contribution in [3.05, 3.63) is 95.1 Å². The highest BCUT2D eigenvalue weighted by Gasteiger charge is 2.19. The lowest BCUT2D eigenvalue weighted by molar-refractivity contribution is 0.102. The van der Waals surface area contributed by atoms with Gasteiger partial charge in [-0.3, -0.25) is 9.59 Å². The Labute approximate surface area is 139 Å². The summed E-state index contributed by atoms with van der Waals surface area (Å²) in [5.74, 6) is -0.447. The Kier molecular flexibility index (Phi) is 4.12. The third kappa shape index (κ3) is 2.90. The summed E-state index contributed by atoms with van der Waals surface area (Å²) >= 11 is 0. The van der Waals surface area contributed by atoms with Crippen LogP contribution >= 0.6 is 0 Å². The summed E-state index contributed by atoms with van der Waals surface area (Å²) in [5, 5.41) is 0. The van der Waals surface area contributed by atoms with E-state index in [0.29, 0.717) is 16.7 Å². The van der Waals surface area contributed by atoms with Gasteiger partial charge in [0, 0.05) is 28.1 Å². The second kappa shape index (κ2) is 6.38. The Hall–Kier alpha value is -3.40. The standard InChI is InChI=1S/C20H16N2O2/c21-16-11-15(19(23)13-7-3-1-4-8-13)12-17(22)18(16)20(24)14-9-5-2-6-10-14/h1-12H,21-22H2. The number of rotatable bonds is 4. The van der Waals surface area contributed by atoms with Gasteiger partial charge in [0.2, 0.25) is 0 Å². The minimum atomic E-state index is -0.260. The number of benzene rings is 3. The molecule has 0 radical (unpaired) electrons. The van der Waals surface area contributed by atoms with Crippen LogP contribution in [0, 0.1) is 0 Å². The molecule has 0 amide bonds. The van der Waals surface area contributed by atoms with Crippen molar-refractivity contribution >= 4 is 22.9 Å². The predicted molar refractivity (Wildman–Crippen MR) is 95.0 cm³/mol. The molecule has 0 spiro atoms. The highest BCUT2D eigenvalue weighted by atomic mass is 16.1. The Morgan fingerprint density at radius 1 is 0.583 bits per heavy atom. The fourth-order valence-electron chi connectivity index (χ4n) is 2.57. The third-order valence-corrected chi connectivity index (χ3v) is 3.76. The lowest BCUT2D eigenvalue weighted by Crippen LogP contribution is -2.12. The second-order valence-electron chi connectivity index (χ2n) is 5.42. The van der Waals surface area contributed by atoms with Gasteiger partial charge in [-0.1, -0.05) is 60.7 Å². The van der Waals surface area contributed by atoms with E-state index in [-0.39, 0.29) is 28.5 Å². The first-order valence-electron chi connectivity index (χ1n) is 7.46. The van der Waals surface area contributed by atoms with Crippen molar-refractivity contribution in [2.45, 2.75) is 0 Å². The molecule has 0 saturated carbocycles. The molecule has 4 N–H and O–H groups in total. The van der Waals surface area contributed by atoms with Gasteiger partial charge in [0.25, 0.3) is 0 Å². The quantitative estimate of drug-likeness (QED) is 0.571. The number of hydrogen-bond donors (Lipinski definition) is 2. The van der Waals surface area contributed by atoms with E-state index in [1.54, 1.807) is 48.5 Å². The van der Waals surface area contributed by atoms with Crippen LogP contribution in [0.4, 0.5) is 11.4 Å². The maximum Gasteiger partial charge on any atom is 0.197 e. The van der Waals surface area contributed by atoms with Crippen molar-refractivity contribution in [2.75, 3.05) is 11.5 Å². The molecule has 0 unspecified atom stereocenters. The van der Waals surface area contributed by atoms with Crippen molar-refractivity contribution < 1.29 is 9.59 Å². The van der Waals surface area contributed by atoms with Crippen molar-refractivity contribution in [2.24, 2.45) is 0 Å². The molecular weight excluding hydrogens is 300 g/mol. The lowest BCUT2D eigenvalue weighted by Gasteiger charge is -2.11. The smallest absolute Gasteiger partial charge is 0.197 e. The van der Waals surface area contributed by atoms with Gasteiger partial charge in [0.05, 0.1) is 5.56 Å².